The molecule has 0 saturated carbocycles. The number of rotatable bonds is 3. The number of ether oxygens (including phenoxy) is 2. The molecule has 2 heterocycles. The van der Waals surface area contributed by atoms with Gasteiger partial charge in [-0.2, -0.15) is 0 Å². The number of nitrogens with zero attached hydrogens (tertiary/aromatic N) is 2. The smallest absolute Gasteiger partial charge is 0.450 e. The molecular weight excluding hydrogens is 409 g/mol. The molecule has 11 heteroatoms. The summed E-state index contributed by atoms with van der Waals surface area (Å²) in [6.45, 7) is 1.16. The molecule has 3 rings (SSSR count). The van der Waals surface area contributed by atoms with E-state index in [0.29, 0.717) is 37.9 Å². The lowest BCUT2D eigenvalue weighted by atomic mass is 9.89. The number of likely N-dealkylation sites (tertiary alicyclic amines) is 2. The second-order valence-corrected chi connectivity index (χ2v) is 7.46. The molecular formula is C19H23F3N2O6. The maximum atomic E-state index is 12.9. The quantitative estimate of drug-likeness (QED) is 0.713. The van der Waals surface area contributed by atoms with Crippen LogP contribution in [-0.4, -0.2) is 76.9 Å². The van der Waals surface area contributed by atoms with E-state index in [4.69, 9.17) is 9.84 Å². The first-order valence-electron chi connectivity index (χ1n) is 9.58. The Morgan fingerprint density at radius 3 is 2.23 bits per heavy atom. The summed E-state index contributed by atoms with van der Waals surface area (Å²) < 4.78 is 45.8. The fourth-order valence-electron chi connectivity index (χ4n) is 3.88. The minimum absolute atomic E-state index is 0.0932. The average molecular weight is 432 g/mol. The number of alkyl halides is 3. The number of urea groups is 1. The molecule has 30 heavy (non-hydrogen) atoms. The van der Waals surface area contributed by atoms with Gasteiger partial charge in [0.05, 0.1) is 12.6 Å². The number of halogens is 3. The molecule has 2 fully saturated rings. The fourth-order valence-corrected chi connectivity index (χ4v) is 3.88. The number of hydrogen-bond donors (Lipinski definition) is 2. The first-order chi connectivity index (χ1) is 14.1. The van der Waals surface area contributed by atoms with E-state index >= 15 is 0 Å². The van der Waals surface area contributed by atoms with Gasteiger partial charge in [-0.3, -0.25) is 0 Å². The van der Waals surface area contributed by atoms with E-state index in [-0.39, 0.29) is 30.8 Å². The number of aliphatic hydroxyl groups is 1. The minimum Gasteiger partial charge on any atom is -0.450 e. The molecule has 1 aromatic carbocycles. The molecule has 2 atom stereocenters. The second-order valence-electron chi connectivity index (χ2n) is 7.46. The zero-order chi connectivity index (χ0) is 21.9. The Morgan fingerprint density at radius 2 is 1.67 bits per heavy atom. The summed E-state index contributed by atoms with van der Waals surface area (Å²) in [5, 5.41) is 18.6. The monoisotopic (exact) mass is 432 g/mol. The van der Waals surface area contributed by atoms with E-state index in [2.05, 4.69) is 4.74 Å². The first-order valence-corrected chi connectivity index (χ1v) is 9.58. The van der Waals surface area contributed by atoms with Crippen molar-refractivity contribution in [3.63, 3.8) is 0 Å². The van der Waals surface area contributed by atoms with Crippen molar-refractivity contribution in [1.82, 2.24) is 9.80 Å². The number of aliphatic hydroxyl groups excluding tert-OH is 1. The van der Waals surface area contributed by atoms with Crippen molar-refractivity contribution in [3.8, 4) is 5.75 Å². The van der Waals surface area contributed by atoms with Gasteiger partial charge in [0, 0.05) is 25.6 Å². The number of benzene rings is 1. The predicted molar refractivity (Wildman–Crippen MR) is 97.2 cm³/mol. The van der Waals surface area contributed by atoms with Crippen molar-refractivity contribution < 1.29 is 42.4 Å². The van der Waals surface area contributed by atoms with Crippen LogP contribution in [0.1, 0.15) is 30.7 Å². The molecule has 166 valence electrons. The lowest BCUT2D eigenvalue weighted by molar-refractivity contribution is -0.274. The van der Waals surface area contributed by atoms with E-state index < -0.39 is 24.7 Å². The van der Waals surface area contributed by atoms with Gasteiger partial charge < -0.3 is 29.5 Å². The summed E-state index contributed by atoms with van der Waals surface area (Å²) >= 11 is 0. The molecule has 0 aromatic heterocycles. The number of amides is 2. The zero-order valence-electron chi connectivity index (χ0n) is 16.0. The van der Waals surface area contributed by atoms with E-state index in [0.717, 1.165) is 0 Å². The van der Waals surface area contributed by atoms with Gasteiger partial charge in [0.2, 0.25) is 0 Å². The topological polar surface area (TPSA) is 99.5 Å². The highest BCUT2D eigenvalue weighted by Crippen LogP contribution is 2.31. The van der Waals surface area contributed by atoms with Gasteiger partial charge in [-0.1, -0.05) is 12.1 Å². The van der Waals surface area contributed by atoms with Crippen LogP contribution < -0.4 is 4.74 Å². The third-order valence-electron chi connectivity index (χ3n) is 5.27. The molecule has 0 aliphatic carbocycles. The number of hydrogen-bond acceptors (Lipinski definition) is 5. The molecule has 8 nitrogen and oxygen atoms in total. The highest BCUT2D eigenvalue weighted by Gasteiger charge is 2.36. The number of carboxylic acid groups (broad SMARTS) is 1. The Bertz CT molecular complexity index is 750. The van der Waals surface area contributed by atoms with Crippen molar-refractivity contribution >= 4 is 12.2 Å². The Morgan fingerprint density at radius 1 is 1.03 bits per heavy atom. The standard InChI is InChI=1S/C19H23F3N2O6/c20-19(21,22)30-15-3-1-12(2-4-15)13-9-16(29-18(27)28)11-24(10-13)17(26)23-7-5-14(25)6-8-23/h1-4,13-14,16,25H,5-11H2,(H,27,28). The van der Waals surface area contributed by atoms with Gasteiger partial charge in [-0.15, -0.1) is 13.2 Å². The van der Waals surface area contributed by atoms with Gasteiger partial charge in [-0.25, -0.2) is 9.59 Å². The van der Waals surface area contributed by atoms with Gasteiger partial charge in [-0.05, 0) is 37.0 Å². The van der Waals surface area contributed by atoms with Gasteiger partial charge in [0.15, 0.2) is 0 Å². The maximum Gasteiger partial charge on any atom is 0.573 e. The van der Waals surface area contributed by atoms with E-state index in [9.17, 15) is 27.9 Å². The minimum atomic E-state index is -4.79. The van der Waals surface area contributed by atoms with Crippen molar-refractivity contribution in [2.75, 3.05) is 26.2 Å². The third-order valence-corrected chi connectivity index (χ3v) is 5.27. The van der Waals surface area contributed by atoms with Crippen LogP contribution in [-0.2, 0) is 4.74 Å². The summed E-state index contributed by atoms with van der Waals surface area (Å²) in [7, 11) is 0. The van der Waals surface area contributed by atoms with Gasteiger partial charge >= 0.3 is 18.5 Å². The summed E-state index contributed by atoms with van der Waals surface area (Å²) in [5.41, 5.74) is 0.648. The van der Waals surface area contributed by atoms with Crippen LogP contribution in [0.4, 0.5) is 22.8 Å². The number of carbonyl (C=O) groups excluding carboxylic acids is 1. The molecule has 2 amide bonds. The lowest BCUT2D eigenvalue weighted by Crippen LogP contribution is -2.53. The van der Waals surface area contributed by atoms with E-state index in [1.165, 1.54) is 29.2 Å². The second kappa shape index (κ2) is 8.99. The fraction of sp³-hybridized carbons (Fsp3) is 0.579. The zero-order valence-corrected chi connectivity index (χ0v) is 16.0. The normalized spacial score (nSPS) is 23.2. The maximum absolute atomic E-state index is 12.9. The summed E-state index contributed by atoms with van der Waals surface area (Å²) in [6.07, 6.45) is -6.21. The molecule has 2 unspecified atom stereocenters. The van der Waals surface area contributed by atoms with Crippen LogP contribution in [0.5, 0.6) is 5.75 Å². The van der Waals surface area contributed by atoms with Crippen molar-refractivity contribution in [3.05, 3.63) is 29.8 Å². The molecule has 0 radical (unpaired) electrons. The van der Waals surface area contributed by atoms with Crippen LogP contribution in [0.2, 0.25) is 0 Å². The molecule has 0 bridgehead atoms. The molecule has 2 saturated heterocycles. The Labute approximate surface area is 170 Å². The first kappa shape index (κ1) is 22.0. The number of piperidine rings is 2. The van der Waals surface area contributed by atoms with Crippen LogP contribution in [0.15, 0.2) is 24.3 Å². The van der Waals surface area contributed by atoms with Crippen molar-refractivity contribution in [2.45, 2.75) is 43.8 Å². The highest BCUT2D eigenvalue weighted by atomic mass is 19.4. The SMILES string of the molecule is O=C(O)OC1CC(c2ccc(OC(F)(F)F)cc2)CN(C(=O)N2CCC(O)CC2)C1. The molecule has 2 aliphatic rings. The van der Waals surface area contributed by atoms with Crippen LogP contribution in [0, 0.1) is 0 Å². The van der Waals surface area contributed by atoms with E-state index in [1.807, 2.05) is 0 Å². The van der Waals surface area contributed by atoms with Gasteiger partial charge in [0.1, 0.15) is 11.9 Å². The molecule has 2 aliphatic heterocycles. The highest BCUT2D eigenvalue weighted by molar-refractivity contribution is 5.75. The third kappa shape index (κ3) is 5.91. The lowest BCUT2D eigenvalue weighted by Gasteiger charge is -2.40. The van der Waals surface area contributed by atoms with Crippen LogP contribution >= 0.6 is 0 Å². The van der Waals surface area contributed by atoms with Crippen molar-refractivity contribution in [1.29, 1.82) is 0 Å². The average Bonchev–Trinajstić information content (AvgIpc) is 2.66. The van der Waals surface area contributed by atoms with Gasteiger partial charge in [0.25, 0.3) is 0 Å². The summed E-state index contributed by atoms with van der Waals surface area (Å²) in [6, 6.07) is 5.03. The van der Waals surface area contributed by atoms with Crippen LogP contribution in [0.25, 0.3) is 0 Å². The molecule has 1 aromatic rings. The van der Waals surface area contributed by atoms with Crippen molar-refractivity contribution in [2.24, 2.45) is 0 Å². The Kier molecular flexibility index (Phi) is 6.59. The summed E-state index contributed by atoms with van der Waals surface area (Å²) in [4.78, 5) is 27.0. The molecule has 0 spiro atoms. The Hall–Kier alpha value is -2.69. The Balaban J connectivity index is 1.73. The number of carbonyl (C=O) groups is 2. The predicted octanol–water partition coefficient (Wildman–Crippen LogP) is 3.01. The van der Waals surface area contributed by atoms with E-state index in [1.54, 1.807) is 4.90 Å². The summed E-state index contributed by atoms with van der Waals surface area (Å²) in [5.74, 6) is -0.678. The largest absolute Gasteiger partial charge is 0.573 e. The van der Waals surface area contributed by atoms with Crippen LogP contribution in [0.3, 0.4) is 0 Å². The molecule has 2 N–H and O–H groups in total.